The number of carbonyl (C=O) groups excluding carboxylic acids is 1. The molecule has 0 atom stereocenters. The monoisotopic (exact) mass is 301 g/mol. The number of nitrogens with one attached hydrogen (secondary N) is 1. The van der Waals surface area contributed by atoms with Gasteiger partial charge in [0.15, 0.2) is 5.13 Å². The second-order valence-corrected chi connectivity index (χ2v) is 6.06. The molecule has 1 amide bonds. The van der Waals surface area contributed by atoms with Crippen molar-refractivity contribution in [3.8, 4) is 11.3 Å². The summed E-state index contributed by atoms with van der Waals surface area (Å²) in [6, 6.07) is 10.1. The van der Waals surface area contributed by atoms with Crippen LogP contribution < -0.4 is 5.32 Å². The molecule has 5 heteroatoms. The van der Waals surface area contributed by atoms with Crippen molar-refractivity contribution < 1.29 is 4.79 Å². The maximum absolute atomic E-state index is 12.1. The molecule has 2 aromatic rings. The van der Waals surface area contributed by atoms with Gasteiger partial charge in [0.2, 0.25) is 5.91 Å². The van der Waals surface area contributed by atoms with Crippen molar-refractivity contribution in [2.45, 2.75) is 19.3 Å². The summed E-state index contributed by atoms with van der Waals surface area (Å²) in [6.07, 6.45) is 3.49. The number of likely N-dealkylation sites (tertiary alicyclic amines) is 1. The Bertz CT molecular complexity index is 591. The molecule has 1 saturated heterocycles. The standard InChI is InChI=1S/C16H19N3OS/c20-15(19-9-5-2-6-10-19)11-17-16-18-14(12-21-16)13-7-3-1-4-8-13/h1,3-4,7-8,12H,2,5-6,9-11H2,(H,17,18). The number of carbonyl (C=O) groups is 1. The fraction of sp³-hybridized carbons (Fsp3) is 0.375. The number of nitrogens with zero attached hydrogens (tertiary/aromatic N) is 2. The number of hydrogen-bond donors (Lipinski definition) is 1. The Hall–Kier alpha value is -1.88. The topological polar surface area (TPSA) is 45.2 Å². The summed E-state index contributed by atoms with van der Waals surface area (Å²) in [5, 5.41) is 5.97. The zero-order chi connectivity index (χ0) is 14.5. The minimum absolute atomic E-state index is 0.172. The number of benzene rings is 1. The van der Waals surface area contributed by atoms with Gasteiger partial charge in [0, 0.05) is 24.0 Å². The fourth-order valence-corrected chi connectivity index (χ4v) is 3.22. The van der Waals surface area contributed by atoms with E-state index < -0.39 is 0 Å². The molecule has 110 valence electrons. The van der Waals surface area contributed by atoms with Gasteiger partial charge in [-0.15, -0.1) is 11.3 Å². The lowest BCUT2D eigenvalue weighted by atomic mass is 10.1. The molecule has 1 fully saturated rings. The normalized spacial score (nSPS) is 15.0. The van der Waals surface area contributed by atoms with Crippen molar-refractivity contribution in [1.29, 1.82) is 0 Å². The lowest BCUT2D eigenvalue weighted by Gasteiger charge is -2.26. The number of aromatic nitrogens is 1. The summed E-state index contributed by atoms with van der Waals surface area (Å²) in [5.74, 6) is 0.172. The molecular formula is C16H19N3OS. The van der Waals surface area contributed by atoms with Crippen LogP contribution in [0.2, 0.25) is 0 Å². The van der Waals surface area contributed by atoms with Gasteiger partial charge in [-0.05, 0) is 19.3 Å². The Morgan fingerprint density at radius 3 is 2.71 bits per heavy atom. The van der Waals surface area contributed by atoms with Crippen LogP contribution in [0.25, 0.3) is 11.3 Å². The highest BCUT2D eigenvalue weighted by atomic mass is 32.1. The van der Waals surface area contributed by atoms with Gasteiger partial charge in [0.1, 0.15) is 0 Å². The van der Waals surface area contributed by atoms with Crippen LogP contribution in [0.4, 0.5) is 5.13 Å². The van der Waals surface area contributed by atoms with Crippen molar-refractivity contribution >= 4 is 22.4 Å². The van der Waals surface area contributed by atoms with Crippen molar-refractivity contribution in [3.63, 3.8) is 0 Å². The minimum atomic E-state index is 0.172. The van der Waals surface area contributed by atoms with Gasteiger partial charge >= 0.3 is 0 Å². The van der Waals surface area contributed by atoms with Gasteiger partial charge < -0.3 is 10.2 Å². The van der Waals surface area contributed by atoms with Crippen LogP contribution >= 0.6 is 11.3 Å². The number of piperidine rings is 1. The van der Waals surface area contributed by atoms with Gasteiger partial charge in [-0.1, -0.05) is 30.3 Å². The second-order valence-electron chi connectivity index (χ2n) is 5.20. The van der Waals surface area contributed by atoms with Crippen molar-refractivity contribution in [2.75, 3.05) is 25.0 Å². The molecule has 3 rings (SSSR count). The largest absolute Gasteiger partial charge is 0.352 e. The van der Waals surface area contributed by atoms with Crippen LogP contribution in [0.15, 0.2) is 35.7 Å². The van der Waals surface area contributed by atoms with E-state index in [0.29, 0.717) is 6.54 Å². The average molecular weight is 301 g/mol. The lowest BCUT2D eigenvalue weighted by molar-refractivity contribution is -0.130. The first-order valence-electron chi connectivity index (χ1n) is 7.35. The quantitative estimate of drug-likeness (QED) is 0.943. The van der Waals surface area contributed by atoms with E-state index in [9.17, 15) is 4.79 Å². The Morgan fingerprint density at radius 2 is 1.95 bits per heavy atom. The van der Waals surface area contributed by atoms with Gasteiger partial charge in [0.05, 0.1) is 12.2 Å². The van der Waals surface area contributed by atoms with Crippen LogP contribution in [0, 0.1) is 0 Å². The summed E-state index contributed by atoms with van der Waals surface area (Å²) < 4.78 is 0. The van der Waals surface area contributed by atoms with Gasteiger partial charge in [-0.3, -0.25) is 4.79 Å². The highest BCUT2D eigenvalue weighted by molar-refractivity contribution is 7.14. The molecule has 1 aromatic heterocycles. The first-order valence-corrected chi connectivity index (χ1v) is 8.23. The van der Waals surface area contributed by atoms with E-state index in [1.54, 1.807) is 11.3 Å². The number of thiazole rings is 1. The maximum atomic E-state index is 12.1. The lowest BCUT2D eigenvalue weighted by Crippen LogP contribution is -2.39. The van der Waals surface area contributed by atoms with E-state index in [0.717, 1.165) is 42.3 Å². The van der Waals surface area contributed by atoms with Gasteiger partial charge in [-0.2, -0.15) is 0 Å². The van der Waals surface area contributed by atoms with Crippen molar-refractivity contribution in [3.05, 3.63) is 35.7 Å². The molecule has 1 aliphatic heterocycles. The molecular weight excluding hydrogens is 282 g/mol. The zero-order valence-electron chi connectivity index (χ0n) is 11.9. The van der Waals surface area contributed by atoms with Crippen molar-refractivity contribution in [2.24, 2.45) is 0 Å². The number of hydrogen-bond acceptors (Lipinski definition) is 4. The van der Waals surface area contributed by atoms with Crippen LogP contribution in [-0.4, -0.2) is 35.4 Å². The summed E-state index contributed by atoms with van der Waals surface area (Å²) >= 11 is 1.54. The van der Waals surface area contributed by atoms with E-state index >= 15 is 0 Å². The molecule has 0 radical (unpaired) electrons. The highest BCUT2D eigenvalue weighted by Crippen LogP contribution is 2.24. The van der Waals surface area contributed by atoms with Crippen LogP contribution in [0.1, 0.15) is 19.3 Å². The summed E-state index contributed by atoms with van der Waals surface area (Å²) in [6.45, 7) is 2.13. The Kier molecular flexibility index (Phi) is 4.50. The summed E-state index contributed by atoms with van der Waals surface area (Å²) in [5.41, 5.74) is 2.05. The van der Waals surface area contributed by atoms with E-state index in [1.165, 1.54) is 6.42 Å². The molecule has 1 aromatic carbocycles. The molecule has 0 bridgehead atoms. The molecule has 21 heavy (non-hydrogen) atoms. The predicted octanol–water partition coefficient (Wildman–Crippen LogP) is 3.23. The third kappa shape index (κ3) is 3.61. The average Bonchev–Trinajstić information content (AvgIpc) is 3.03. The molecule has 0 spiro atoms. The smallest absolute Gasteiger partial charge is 0.241 e. The number of anilines is 1. The zero-order valence-corrected chi connectivity index (χ0v) is 12.7. The Morgan fingerprint density at radius 1 is 1.19 bits per heavy atom. The predicted molar refractivity (Wildman–Crippen MR) is 86.5 cm³/mol. The van der Waals surface area contributed by atoms with Crippen molar-refractivity contribution in [1.82, 2.24) is 9.88 Å². The van der Waals surface area contributed by atoms with Crippen LogP contribution in [-0.2, 0) is 4.79 Å². The van der Waals surface area contributed by atoms with Gasteiger partial charge in [-0.25, -0.2) is 4.98 Å². The third-order valence-electron chi connectivity index (χ3n) is 3.67. The van der Waals surface area contributed by atoms with E-state index in [1.807, 2.05) is 40.6 Å². The minimum Gasteiger partial charge on any atom is -0.352 e. The first-order chi connectivity index (χ1) is 10.3. The molecule has 0 saturated carbocycles. The summed E-state index contributed by atoms with van der Waals surface area (Å²) in [4.78, 5) is 18.6. The third-order valence-corrected chi connectivity index (χ3v) is 4.47. The molecule has 1 aliphatic rings. The first kappa shape index (κ1) is 14.1. The number of amides is 1. The van der Waals surface area contributed by atoms with E-state index in [2.05, 4.69) is 10.3 Å². The second kappa shape index (κ2) is 6.72. The maximum Gasteiger partial charge on any atom is 0.241 e. The molecule has 0 aliphatic carbocycles. The Labute approximate surface area is 128 Å². The molecule has 1 N–H and O–H groups in total. The fourth-order valence-electron chi connectivity index (χ4n) is 2.50. The molecule has 2 heterocycles. The number of rotatable bonds is 4. The summed E-state index contributed by atoms with van der Waals surface area (Å²) in [7, 11) is 0. The van der Waals surface area contributed by atoms with E-state index in [4.69, 9.17) is 0 Å². The molecule has 0 unspecified atom stereocenters. The molecule has 4 nitrogen and oxygen atoms in total. The van der Waals surface area contributed by atoms with Crippen LogP contribution in [0.5, 0.6) is 0 Å². The SMILES string of the molecule is O=C(CNc1nc(-c2ccccc2)cs1)N1CCCCC1. The highest BCUT2D eigenvalue weighted by Gasteiger charge is 2.16. The van der Waals surface area contributed by atoms with Crippen LogP contribution in [0.3, 0.4) is 0 Å². The Balaban J connectivity index is 1.56. The van der Waals surface area contributed by atoms with E-state index in [-0.39, 0.29) is 5.91 Å². The van der Waals surface area contributed by atoms with Gasteiger partial charge in [0.25, 0.3) is 0 Å².